The van der Waals surface area contributed by atoms with E-state index in [1.54, 1.807) is 19.0 Å². The zero-order valence-electron chi connectivity index (χ0n) is 12.9. The van der Waals surface area contributed by atoms with Crippen LogP contribution in [-0.4, -0.2) is 35.0 Å². The molecule has 2 aromatic rings. The first-order valence-electron chi connectivity index (χ1n) is 6.85. The van der Waals surface area contributed by atoms with Crippen LogP contribution < -0.4 is 5.43 Å². The Bertz CT molecular complexity index is 839. The van der Waals surface area contributed by atoms with E-state index in [9.17, 15) is 22.8 Å². The zero-order valence-corrected chi connectivity index (χ0v) is 12.9. The molecule has 2 rings (SSSR count). The van der Waals surface area contributed by atoms with Crippen LogP contribution in [0, 0.1) is 0 Å². The zero-order chi connectivity index (χ0) is 17.9. The van der Waals surface area contributed by atoms with Crippen LogP contribution in [0.4, 0.5) is 13.2 Å². The number of carbonyl (C=O) groups is 1. The minimum Gasteiger partial charge on any atom is -0.383 e. The topological polar surface area (TPSA) is 66.1 Å². The molecule has 0 unspecified atom stereocenters. The summed E-state index contributed by atoms with van der Waals surface area (Å²) in [5, 5.41) is 5.93. The maximum Gasteiger partial charge on any atom is 0.417 e. The highest BCUT2D eigenvalue weighted by atomic mass is 19.4. The summed E-state index contributed by atoms with van der Waals surface area (Å²) in [6.45, 7) is 0. The average molecular weight is 337 g/mol. The van der Waals surface area contributed by atoms with E-state index in [-0.39, 0.29) is 11.1 Å². The number of allylic oxidation sites excluding steroid dienone is 1. The largest absolute Gasteiger partial charge is 0.417 e. The smallest absolute Gasteiger partial charge is 0.383 e. The number of rotatable bonds is 4. The minimum absolute atomic E-state index is 0.264. The summed E-state index contributed by atoms with van der Waals surface area (Å²) >= 11 is 0. The molecule has 0 spiro atoms. The molecule has 0 aliphatic heterocycles. The molecule has 0 bridgehead atoms. The van der Waals surface area contributed by atoms with Crippen LogP contribution in [0.5, 0.6) is 0 Å². The third-order valence-corrected chi connectivity index (χ3v) is 3.13. The maximum absolute atomic E-state index is 13.1. The number of H-pyrrole nitrogens is 1. The monoisotopic (exact) mass is 337 g/mol. The Kier molecular flexibility index (Phi) is 4.87. The summed E-state index contributed by atoms with van der Waals surface area (Å²) in [4.78, 5) is 26.0. The number of aromatic amines is 1. The van der Waals surface area contributed by atoms with Crippen molar-refractivity contribution in [2.45, 2.75) is 6.18 Å². The molecular weight excluding hydrogens is 323 g/mol. The molecule has 1 aromatic heterocycles. The molecule has 0 radical (unpaired) electrons. The number of hydrogen-bond donors (Lipinski definition) is 1. The molecule has 0 atom stereocenters. The standard InChI is InChI=1S/C16H14F3N3O2/c1-22(2)8-7-13(23)14-15(24)11(9-20-21-14)10-5-3-4-6-12(10)16(17,18)19/h3-9H,1-2H3,(H,20,24). The van der Waals surface area contributed by atoms with E-state index in [0.717, 1.165) is 18.3 Å². The van der Waals surface area contributed by atoms with Crippen molar-refractivity contribution in [1.82, 2.24) is 15.1 Å². The fourth-order valence-electron chi connectivity index (χ4n) is 2.03. The third kappa shape index (κ3) is 3.70. The number of alkyl halides is 3. The van der Waals surface area contributed by atoms with Crippen LogP contribution >= 0.6 is 0 Å². The van der Waals surface area contributed by atoms with Crippen molar-refractivity contribution >= 4 is 5.78 Å². The molecule has 126 valence electrons. The van der Waals surface area contributed by atoms with Crippen molar-refractivity contribution in [3.05, 3.63) is 64.2 Å². The van der Waals surface area contributed by atoms with Crippen molar-refractivity contribution in [3.63, 3.8) is 0 Å². The molecule has 0 fully saturated rings. The van der Waals surface area contributed by atoms with Gasteiger partial charge in [0.2, 0.25) is 11.2 Å². The van der Waals surface area contributed by atoms with Crippen molar-refractivity contribution in [1.29, 1.82) is 0 Å². The van der Waals surface area contributed by atoms with Crippen LogP contribution in [0.15, 0.2) is 47.5 Å². The summed E-state index contributed by atoms with van der Waals surface area (Å²) in [5.41, 5.74) is -2.86. The lowest BCUT2D eigenvalue weighted by molar-refractivity contribution is -0.137. The number of aromatic nitrogens is 2. The molecule has 0 saturated heterocycles. The highest BCUT2D eigenvalue weighted by Crippen LogP contribution is 2.35. The number of ketones is 1. The number of benzene rings is 1. The summed E-state index contributed by atoms with van der Waals surface area (Å²) in [5.74, 6) is -0.698. The fraction of sp³-hybridized carbons (Fsp3) is 0.188. The van der Waals surface area contributed by atoms with Crippen LogP contribution in [0.25, 0.3) is 11.1 Å². The Labute approximate surface area is 135 Å². The van der Waals surface area contributed by atoms with Gasteiger partial charge in [-0.05, 0) is 11.6 Å². The minimum atomic E-state index is -4.62. The Morgan fingerprint density at radius 3 is 2.50 bits per heavy atom. The van der Waals surface area contributed by atoms with Gasteiger partial charge >= 0.3 is 6.18 Å². The van der Waals surface area contributed by atoms with Gasteiger partial charge in [-0.15, -0.1) is 0 Å². The molecule has 8 heteroatoms. The van der Waals surface area contributed by atoms with Crippen molar-refractivity contribution < 1.29 is 18.0 Å². The van der Waals surface area contributed by atoms with Gasteiger partial charge < -0.3 is 4.90 Å². The van der Waals surface area contributed by atoms with Gasteiger partial charge in [0.25, 0.3) is 0 Å². The predicted molar refractivity (Wildman–Crippen MR) is 82.5 cm³/mol. The van der Waals surface area contributed by atoms with Gasteiger partial charge in [0.05, 0.1) is 5.56 Å². The van der Waals surface area contributed by atoms with E-state index >= 15 is 0 Å². The Morgan fingerprint density at radius 1 is 1.21 bits per heavy atom. The van der Waals surface area contributed by atoms with E-state index in [0.29, 0.717) is 0 Å². The highest BCUT2D eigenvalue weighted by Gasteiger charge is 2.34. The fourth-order valence-corrected chi connectivity index (χ4v) is 2.03. The molecule has 0 saturated carbocycles. The SMILES string of the molecule is CN(C)C=CC(=O)c1n[nH]cc(-c2ccccc2C(F)(F)F)c1=O. The summed E-state index contributed by atoms with van der Waals surface area (Å²) in [6.07, 6.45) is -1.03. The van der Waals surface area contributed by atoms with Gasteiger partial charge in [-0.1, -0.05) is 18.2 Å². The van der Waals surface area contributed by atoms with Crippen molar-refractivity contribution in [2.24, 2.45) is 0 Å². The number of halogens is 3. The second-order valence-electron chi connectivity index (χ2n) is 5.16. The first-order chi connectivity index (χ1) is 11.2. The van der Waals surface area contributed by atoms with Gasteiger partial charge in [-0.3, -0.25) is 14.7 Å². The molecule has 24 heavy (non-hydrogen) atoms. The lowest BCUT2D eigenvalue weighted by Gasteiger charge is -2.12. The molecule has 0 amide bonds. The molecule has 0 aliphatic carbocycles. The highest BCUT2D eigenvalue weighted by molar-refractivity contribution is 6.03. The van der Waals surface area contributed by atoms with Gasteiger partial charge in [0.1, 0.15) is 0 Å². The predicted octanol–water partition coefficient (Wildman–Crippen LogP) is 2.71. The van der Waals surface area contributed by atoms with Gasteiger partial charge in [0.15, 0.2) is 5.69 Å². The Morgan fingerprint density at radius 2 is 1.88 bits per heavy atom. The van der Waals surface area contributed by atoms with Gasteiger partial charge in [0, 0.05) is 38.1 Å². The number of nitrogens with one attached hydrogen (secondary N) is 1. The van der Waals surface area contributed by atoms with E-state index in [1.807, 2.05) is 0 Å². The normalized spacial score (nSPS) is 11.7. The maximum atomic E-state index is 13.1. The number of hydrogen-bond acceptors (Lipinski definition) is 4. The van der Waals surface area contributed by atoms with Crippen molar-refractivity contribution in [3.8, 4) is 11.1 Å². The second-order valence-corrected chi connectivity index (χ2v) is 5.16. The lowest BCUT2D eigenvalue weighted by atomic mass is 9.99. The van der Waals surface area contributed by atoms with Crippen molar-refractivity contribution in [2.75, 3.05) is 14.1 Å². The van der Waals surface area contributed by atoms with E-state index in [2.05, 4.69) is 10.2 Å². The van der Waals surface area contributed by atoms with Gasteiger partial charge in [-0.25, -0.2) is 0 Å². The Hall–Kier alpha value is -2.90. The molecular formula is C16H14F3N3O2. The molecule has 1 aromatic carbocycles. The third-order valence-electron chi connectivity index (χ3n) is 3.13. The van der Waals surface area contributed by atoms with E-state index < -0.39 is 28.6 Å². The lowest BCUT2D eigenvalue weighted by Crippen LogP contribution is -2.20. The van der Waals surface area contributed by atoms with E-state index in [4.69, 9.17) is 0 Å². The van der Waals surface area contributed by atoms with E-state index in [1.165, 1.54) is 24.4 Å². The molecule has 1 N–H and O–H groups in total. The average Bonchev–Trinajstić information content (AvgIpc) is 2.52. The summed E-state index contributed by atoms with van der Waals surface area (Å²) < 4.78 is 39.4. The van der Waals surface area contributed by atoms with Gasteiger partial charge in [-0.2, -0.15) is 18.3 Å². The first-order valence-corrected chi connectivity index (χ1v) is 6.85. The van der Waals surface area contributed by atoms with Crippen LogP contribution in [0.2, 0.25) is 0 Å². The van der Waals surface area contributed by atoms with Crippen LogP contribution in [0.3, 0.4) is 0 Å². The number of carbonyl (C=O) groups excluding carboxylic acids is 1. The molecule has 0 aliphatic rings. The number of nitrogens with zero attached hydrogens (tertiary/aromatic N) is 2. The molecule has 1 heterocycles. The molecule has 5 nitrogen and oxygen atoms in total. The van der Waals surface area contributed by atoms with Crippen LogP contribution in [0.1, 0.15) is 16.1 Å². The second kappa shape index (κ2) is 6.69. The summed E-state index contributed by atoms with van der Waals surface area (Å²) in [7, 11) is 3.36. The first kappa shape index (κ1) is 17.5. The quantitative estimate of drug-likeness (QED) is 0.688. The van der Waals surface area contributed by atoms with Crippen LogP contribution in [-0.2, 0) is 6.18 Å². The summed E-state index contributed by atoms with van der Waals surface area (Å²) in [6, 6.07) is 4.67. The Balaban J connectivity index is 2.58.